The lowest BCUT2D eigenvalue weighted by molar-refractivity contribution is 0.293. The van der Waals surface area contributed by atoms with Gasteiger partial charge in [-0.15, -0.1) is 0 Å². The molecular weight excluding hydrogens is 179 g/mol. The molecule has 2 rings (SSSR count). The summed E-state index contributed by atoms with van der Waals surface area (Å²) >= 11 is 0. The second kappa shape index (κ2) is 3.67. The van der Waals surface area contributed by atoms with Gasteiger partial charge >= 0.3 is 0 Å². The van der Waals surface area contributed by atoms with Gasteiger partial charge in [0.25, 0.3) is 0 Å². The zero-order valence-electron chi connectivity index (χ0n) is 8.31. The molecule has 76 valence electrons. The molecule has 1 heterocycles. The van der Waals surface area contributed by atoms with Crippen molar-refractivity contribution >= 4 is 0 Å². The van der Waals surface area contributed by atoms with E-state index in [-0.39, 0.29) is 11.4 Å². The van der Waals surface area contributed by atoms with Gasteiger partial charge in [0.15, 0.2) is 0 Å². The Hall–Kier alpha value is -0.930. The van der Waals surface area contributed by atoms with Crippen molar-refractivity contribution in [1.82, 2.24) is 10.6 Å². The number of rotatable bonds is 1. The van der Waals surface area contributed by atoms with E-state index in [9.17, 15) is 4.39 Å². The van der Waals surface area contributed by atoms with Crippen molar-refractivity contribution < 1.29 is 4.39 Å². The van der Waals surface area contributed by atoms with E-state index in [0.29, 0.717) is 0 Å². The van der Waals surface area contributed by atoms with Gasteiger partial charge in [0.1, 0.15) is 5.82 Å². The SMILES string of the molecule is CC1(c2ccccc2F)CNCCN1. The normalized spacial score (nSPS) is 27.6. The van der Waals surface area contributed by atoms with Crippen LogP contribution in [0.15, 0.2) is 24.3 Å². The molecule has 1 aromatic carbocycles. The van der Waals surface area contributed by atoms with Gasteiger partial charge in [0, 0.05) is 25.2 Å². The van der Waals surface area contributed by atoms with Crippen LogP contribution in [-0.2, 0) is 5.54 Å². The number of nitrogens with one attached hydrogen (secondary N) is 2. The molecule has 0 aromatic heterocycles. The predicted octanol–water partition coefficient (Wildman–Crippen LogP) is 1.23. The molecule has 3 heteroatoms. The average molecular weight is 194 g/mol. The predicted molar refractivity (Wildman–Crippen MR) is 54.6 cm³/mol. The van der Waals surface area contributed by atoms with Gasteiger partial charge < -0.3 is 10.6 Å². The van der Waals surface area contributed by atoms with Gasteiger partial charge in [-0.05, 0) is 13.0 Å². The summed E-state index contributed by atoms with van der Waals surface area (Å²) in [4.78, 5) is 0. The van der Waals surface area contributed by atoms with Crippen LogP contribution in [0.5, 0.6) is 0 Å². The van der Waals surface area contributed by atoms with Crippen LogP contribution in [-0.4, -0.2) is 19.6 Å². The molecular formula is C11H15FN2. The Morgan fingerprint density at radius 1 is 1.29 bits per heavy atom. The third-order valence-electron chi connectivity index (χ3n) is 2.76. The Morgan fingerprint density at radius 2 is 2.07 bits per heavy atom. The second-order valence-corrected chi connectivity index (χ2v) is 3.92. The molecule has 1 atom stereocenters. The van der Waals surface area contributed by atoms with Crippen molar-refractivity contribution in [2.24, 2.45) is 0 Å². The summed E-state index contributed by atoms with van der Waals surface area (Å²) in [5.74, 6) is -0.133. The fourth-order valence-corrected chi connectivity index (χ4v) is 1.93. The van der Waals surface area contributed by atoms with Crippen LogP contribution in [0.25, 0.3) is 0 Å². The molecule has 0 radical (unpaired) electrons. The second-order valence-electron chi connectivity index (χ2n) is 3.92. The zero-order chi connectivity index (χ0) is 10.0. The summed E-state index contributed by atoms with van der Waals surface area (Å²) in [6.45, 7) is 4.63. The van der Waals surface area contributed by atoms with Crippen LogP contribution >= 0.6 is 0 Å². The smallest absolute Gasteiger partial charge is 0.128 e. The van der Waals surface area contributed by atoms with Gasteiger partial charge in [-0.3, -0.25) is 0 Å². The monoisotopic (exact) mass is 194 g/mol. The molecule has 0 saturated carbocycles. The number of hydrogen-bond acceptors (Lipinski definition) is 2. The first-order chi connectivity index (χ1) is 6.72. The molecule has 1 aliphatic rings. The molecule has 1 unspecified atom stereocenters. The van der Waals surface area contributed by atoms with Crippen molar-refractivity contribution in [3.05, 3.63) is 35.6 Å². The maximum Gasteiger partial charge on any atom is 0.128 e. The Labute approximate surface area is 83.5 Å². The third-order valence-corrected chi connectivity index (χ3v) is 2.76. The maximum absolute atomic E-state index is 13.6. The van der Waals surface area contributed by atoms with Crippen molar-refractivity contribution in [2.75, 3.05) is 19.6 Å². The number of benzene rings is 1. The molecule has 1 saturated heterocycles. The van der Waals surface area contributed by atoms with Gasteiger partial charge in [-0.1, -0.05) is 18.2 Å². The standard InChI is InChI=1S/C11H15FN2/c1-11(8-13-6-7-14-11)9-4-2-3-5-10(9)12/h2-5,13-14H,6-8H2,1H3. The summed E-state index contributed by atoms with van der Waals surface area (Å²) in [6.07, 6.45) is 0. The van der Waals surface area contributed by atoms with Crippen molar-refractivity contribution in [3.63, 3.8) is 0 Å². The van der Waals surface area contributed by atoms with E-state index in [1.807, 2.05) is 19.1 Å². The largest absolute Gasteiger partial charge is 0.313 e. The average Bonchev–Trinajstić information content (AvgIpc) is 2.19. The van der Waals surface area contributed by atoms with Crippen LogP contribution in [0.1, 0.15) is 12.5 Å². The molecule has 14 heavy (non-hydrogen) atoms. The summed E-state index contributed by atoms with van der Waals surface area (Å²) in [7, 11) is 0. The van der Waals surface area contributed by atoms with Crippen LogP contribution in [0.2, 0.25) is 0 Å². The molecule has 1 aliphatic heterocycles. The number of hydrogen-bond donors (Lipinski definition) is 2. The fraction of sp³-hybridized carbons (Fsp3) is 0.455. The van der Waals surface area contributed by atoms with Crippen molar-refractivity contribution in [2.45, 2.75) is 12.5 Å². The fourth-order valence-electron chi connectivity index (χ4n) is 1.93. The molecule has 1 fully saturated rings. The van der Waals surface area contributed by atoms with E-state index in [2.05, 4.69) is 10.6 Å². The molecule has 0 aliphatic carbocycles. The minimum atomic E-state index is -0.274. The molecule has 0 amide bonds. The Bertz CT molecular complexity index is 319. The first kappa shape index (κ1) is 9.62. The highest BCUT2D eigenvalue weighted by Gasteiger charge is 2.30. The highest BCUT2D eigenvalue weighted by Crippen LogP contribution is 2.23. The number of piperazine rings is 1. The van der Waals surface area contributed by atoms with E-state index in [1.165, 1.54) is 6.07 Å². The molecule has 2 N–H and O–H groups in total. The van der Waals surface area contributed by atoms with Crippen LogP contribution in [0.4, 0.5) is 4.39 Å². The lowest BCUT2D eigenvalue weighted by atomic mass is 9.90. The highest BCUT2D eigenvalue weighted by atomic mass is 19.1. The van der Waals surface area contributed by atoms with E-state index < -0.39 is 0 Å². The van der Waals surface area contributed by atoms with Crippen molar-refractivity contribution in [3.8, 4) is 0 Å². The summed E-state index contributed by atoms with van der Waals surface area (Å²) < 4.78 is 13.6. The minimum Gasteiger partial charge on any atom is -0.313 e. The lowest BCUT2D eigenvalue weighted by Gasteiger charge is -2.36. The zero-order valence-corrected chi connectivity index (χ0v) is 8.31. The molecule has 0 spiro atoms. The van der Waals surface area contributed by atoms with E-state index in [0.717, 1.165) is 25.2 Å². The first-order valence-electron chi connectivity index (χ1n) is 4.93. The summed E-state index contributed by atoms with van der Waals surface area (Å²) in [5.41, 5.74) is 0.469. The number of halogens is 1. The van der Waals surface area contributed by atoms with Crippen LogP contribution in [0.3, 0.4) is 0 Å². The summed E-state index contributed by atoms with van der Waals surface area (Å²) in [5, 5.41) is 6.62. The maximum atomic E-state index is 13.6. The molecule has 1 aromatic rings. The minimum absolute atomic E-state index is 0.133. The van der Waals surface area contributed by atoms with Crippen LogP contribution < -0.4 is 10.6 Å². The van der Waals surface area contributed by atoms with E-state index in [1.54, 1.807) is 6.07 Å². The van der Waals surface area contributed by atoms with Gasteiger partial charge in [-0.2, -0.15) is 0 Å². The lowest BCUT2D eigenvalue weighted by Crippen LogP contribution is -2.55. The first-order valence-corrected chi connectivity index (χ1v) is 4.93. The van der Waals surface area contributed by atoms with Gasteiger partial charge in [0.05, 0.1) is 5.54 Å². The van der Waals surface area contributed by atoms with E-state index >= 15 is 0 Å². The molecule has 0 bridgehead atoms. The van der Waals surface area contributed by atoms with Crippen molar-refractivity contribution in [1.29, 1.82) is 0 Å². The van der Waals surface area contributed by atoms with Crippen LogP contribution in [0, 0.1) is 5.82 Å². The van der Waals surface area contributed by atoms with Gasteiger partial charge in [-0.25, -0.2) is 4.39 Å². The Morgan fingerprint density at radius 3 is 2.71 bits per heavy atom. The van der Waals surface area contributed by atoms with Gasteiger partial charge in [0.2, 0.25) is 0 Å². The Balaban J connectivity index is 2.32. The Kier molecular flexibility index (Phi) is 2.52. The van der Waals surface area contributed by atoms with E-state index in [4.69, 9.17) is 0 Å². The topological polar surface area (TPSA) is 24.1 Å². The summed E-state index contributed by atoms with van der Waals surface area (Å²) in [6, 6.07) is 6.95. The quantitative estimate of drug-likeness (QED) is 0.702. The molecule has 2 nitrogen and oxygen atoms in total. The highest BCUT2D eigenvalue weighted by molar-refractivity contribution is 5.26. The third kappa shape index (κ3) is 1.65.